The Morgan fingerprint density at radius 2 is 1.91 bits per heavy atom. The molecule has 1 aliphatic carbocycles. The third kappa shape index (κ3) is 3.30. The van der Waals surface area contributed by atoms with Gasteiger partial charge in [0.25, 0.3) is 0 Å². The van der Waals surface area contributed by atoms with E-state index in [1.165, 1.54) is 38.5 Å². The van der Waals surface area contributed by atoms with Crippen LogP contribution in [0.25, 0.3) is 0 Å². The van der Waals surface area contributed by atoms with E-state index < -0.39 is 0 Å². The highest BCUT2D eigenvalue weighted by Crippen LogP contribution is 2.32. The molecule has 0 aromatic carbocycles. The summed E-state index contributed by atoms with van der Waals surface area (Å²) in [6, 6.07) is 0. The van der Waals surface area contributed by atoms with Gasteiger partial charge in [0.05, 0.1) is 0 Å². The van der Waals surface area contributed by atoms with Crippen LogP contribution in [0.15, 0.2) is 0 Å². The maximum absolute atomic E-state index is 3.92. The molecule has 1 saturated carbocycles. The van der Waals surface area contributed by atoms with E-state index >= 15 is 0 Å². The van der Waals surface area contributed by atoms with Crippen LogP contribution >= 0.6 is 22.6 Å². The van der Waals surface area contributed by atoms with Crippen LogP contribution in [-0.4, -0.2) is 3.92 Å². The fraction of sp³-hybridized carbons (Fsp3) is 0.900. The van der Waals surface area contributed by atoms with Crippen molar-refractivity contribution in [3.8, 4) is 0 Å². The van der Waals surface area contributed by atoms with Crippen molar-refractivity contribution < 1.29 is 0 Å². The van der Waals surface area contributed by atoms with Crippen LogP contribution in [0, 0.1) is 12.8 Å². The molecule has 65 valence electrons. The van der Waals surface area contributed by atoms with Crippen LogP contribution in [0.1, 0.15) is 44.9 Å². The molecule has 0 nitrogen and oxygen atoms in total. The predicted molar refractivity (Wildman–Crippen MR) is 59.0 cm³/mol. The second-order valence-electron chi connectivity index (χ2n) is 3.56. The van der Waals surface area contributed by atoms with Crippen molar-refractivity contribution in [3.05, 3.63) is 6.92 Å². The van der Waals surface area contributed by atoms with Gasteiger partial charge in [0.1, 0.15) is 0 Å². The van der Waals surface area contributed by atoms with Crippen LogP contribution in [-0.2, 0) is 0 Å². The minimum atomic E-state index is 0.908. The molecular weight excluding hydrogens is 247 g/mol. The molecule has 0 saturated heterocycles. The standard InChI is InChI=1S/C10H18I/c1-2-6-10(11)9-7-4-3-5-8-9/h9-10H,1-8H2. The van der Waals surface area contributed by atoms with E-state index in [0.29, 0.717) is 0 Å². The summed E-state index contributed by atoms with van der Waals surface area (Å²) in [5.41, 5.74) is 0. The van der Waals surface area contributed by atoms with Gasteiger partial charge in [-0.2, -0.15) is 0 Å². The first-order valence-electron chi connectivity index (χ1n) is 4.78. The number of hydrogen-bond acceptors (Lipinski definition) is 0. The van der Waals surface area contributed by atoms with Gasteiger partial charge in [-0.3, -0.25) is 0 Å². The fourth-order valence-electron chi connectivity index (χ4n) is 1.93. The lowest BCUT2D eigenvalue weighted by atomic mass is 9.86. The van der Waals surface area contributed by atoms with Crippen molar-refractivity contribution in [2.45, 2.75) is 48.9 Å². The lowest BCUT2D eigenvalue weighted by Crippen LogP contribution is -2.17. The van der Waals surface area contributed by atoms with Gasteiger partial charge in [0.2, 0.25) is 0 Å². The summed E-state index contributed by atoms with van der Waals surface area (Å²) in [5, 5.41) is 0. The van der Waals surface area contributed by atoms with E-state index in [-0.39, 0.29) is 0 Å². The van der Waals surface area contributed by atoms with Crippen molar-refractivity contribution in [1.29, 1.82) is 0 Å². The molecule has 0 aromatic heterocycles. The van der Waals surface area contributed by atoms with Crippen LogP contribution in [0.3, 0.4) is 0 Å². The minimum absolute atomic E-state index is 0.908. The molecule has 0 N–H and O–H groups in total. The molecule has 0 amide bonds. The van der Waals surface area contributed by atoms with Gasteiger partial charge < -0.3 is 0 Å². The highest BCUT2D eigenvalue weighted by molar-refractivity contribution is 14.1. The molecule has 0 bridgehead atoms. The lowest BCUT2D eigenvalue weighted by Gasteiger charge is -2.25. The number of rotatable bonds is 3. The smallest absolute Gasteiger partial charge is 0.0138 e. The summed E-state index contributed by atoms with van der Waals surface area (Å²) in [6.07, 6.45) is 9.82. The Bertz CT molecular complexity index is 95.0. The zero-order chi connectivity index (χ0) is 8.10. The average molecular weight is 265 g/mol. The Kier molecular flexibility index (Phi) is 4.81. The average Bonchev–Trinajstić information content (AvgIpc) is 2.07. The van der Waals surface area contributed by atoms with E-state index in [0.717, 1.165) is 16.3 Å². The van der Waals surface area contributed by atoms with Crippen molar-refractivity contribution in [1.82, 2.24) is 0 Å². The zero-order valence-corrected chi connectivity index (χ0v) is 9.35. The summed E-state index contributed by atoms with van der Waals surface area (Å²) in [6.45, 7) is 3.92. The monoisotopic (exact) mass is 265 g/mol. The minimum Gasteiger partial charge on any atom is -0.0823 e. The van der Waals surface area contributed by atoms with Gasteiger partial charge in [-0.05, 0) is 25.2 Å². The number of alkyl halides is 1. The molecule has 1 rings (SSSR count). The van der Waals surface area contributed by atoms with Gasteiger partial charge in [-0.1, -0.05) is 55.2 Å². The lowest BCUT2D eigenvalue weighted by molar-refractivity contribution is 0.349. The second-order valence-corrected chi connectivity index (χ2v) is 5.16. The second kappa shape index (κ2) is 5.39. The van der Waals surface area contributed by atoms with Gasteiger partial charge in [-0.25, -0.2) is 0 Å². The molecule has 0 aromatic rings. The van der Waals surface area contributed by atoms with Crippen molar-refractivity contribution in [2.24, 2.45) is 5.92 Å². The number of hydrogen-bond donors (Lipinski definition) is 0. The maximum Gasteiger partial charge on any atom is 0.0138 e. The SMILES string of the molecule is [CH2]CCC(I)C1CCCCC1. The van der Waals surface area contributed by atoms with E-state index in [9.17, 15) is 0 Å². The van der Waals surface area contributed by atoms with Gasteiger partial charge in [0.15, 0.2) is 0 Å². The van der Waals surface area contributed by atoms with Gasteiger partial charge in [-0.15, -0.1) is 0 Å². The third-order valence-electron chi connectivity index (χ3n) is 2.64. The first-order valence-corrected chi connectivity index (χ1v) is 6.02. The van der Waals surface area contributed by atoms with Crippen LogP contribution in [0.2, 0.25) is 0 Å². The summed E-state index contributed by atoms with van der Waals surface area (Å²) in [5.74, 6) is 1.02. The van der Waals surface area contributed by atoms with Crippen LogP contribution in [0.5, 0.6) is 0 Å². The van der Waals surface area contributed by atoms with Gasteiger partial charge >= 0.3 is 0 Å². The Morgan fingerprint density at radius 1 is 1.27 bits per heavy atom. The molecule has 1 unspecified atom stereocenters. The highest BCUT2D eigenvalue weighted by Gasteiger charge is 2.19. The largest absolute Gasteiger partial charge is 0.0823 e. The van der Waals surface area contributed by atoms with E-state index in [1.807, 2.05) is 0 Å². The van der Waals surface area contributed by atoms with E-state index in [4.69, 9.17) is 0 Å². The van der Waals surface area contributed by atoms with Crippen LogP contribution in [0.4, 0.5) is 0 Å². The van der Waals surface area contributed by atoms with Crippen molar-refractivity contribution in [3.63, 3.8) is 0 Å². The zero-order valence-electron chi connectivity index (χ0n) is 7.19. The molecule has 1 fully saturated rings. The fourth-order valence-corrected chi connectivity index (χ4v) is 3.09. The first kappa shape index (κ1) is 9.82. The normalized spacial score (nSPS) is 23.5. The Balaban J connectivity index is 2.21. The number of halogens is 1. The topological polar surface area (TPSA) is 0 Å². The van der Waals surface area contributed by atoms with Gasteiger partial charge in [0, 0.05) is 3.92 Å². The summed E-state index contributed by atoms with van der Waals surface area (Å²) >= 11 is 2.62. The van der Waals surface area contributed by atoms with Crippen molar-refractivity contribution in [2.75, 3.05) is 0 Å². The molecule has 1 aliphatic rings. The molecule has 0 spiro atoms. The maximum atomic E-state index is 3.92. The molecule has 1 radical (unpaired) electrons. The summed E-state index contributed by atoms with van der Waals surface area (Å²) in [4.78, 5) is 0. The highest BCUT2D eigenvalue weighted by atomic mass is 127. The van der Waals surface area contributed by atoms with Crippen LogP contribution < -0.4 is 0 Å². The molecule has 11 heavy (non-hydrogen) atoms. The summed E-state index contributed by atoms with van der Waals surface area (Å²) in [7, 11) is 0. The van der Waals surface area contributed by atoms with E-state index in [2.05, 4.69) is 29.5 Å². The Morgan fingerprint density at radius 3 is 2.45 bits per heavy atom. The summed E-state index contributed by atoms with van der Waals surface area (Å²) < 4.78 is 0.908. The van der Waals surface area contributed by atoms with Crippen molar-refractivity contribution >= 4 is 22.6 Å². The molecule has 1 heteroatoms. The van der Waals surface area contributed by atoms with E-state index in [1.54, 1.807) is 0 Å². The molecule has 0 aliphatic heterocycles. The molecular formula is C10H18I. The molecule has 0 heterocycles. The predicted octanol–water partition coefficient (Wildman–Crippen LogP) is 3.98. The quantitative estimate of drug-likeness (QED) is 0.534. The third-order valence-corrected chi connectivity index (χ3v) is 4.28. The Labute approximate surface area is 84.3 Å². The molecule has 1 atom stereocenters. The first-order chi connectivity index (χ1) is 5.34. The Hall–Kier alpha value is 0.730.